The van der Waals surface area contributed by atoms with Crippen molar-refractivity contribution in [1.29, 1.82) is 0 Å². The minimum Gasteiger partial charge on any atom is -0.342 e. The topological polar surface area (TPSA) is 85.2 Å². The molecule has 7 heteroatoms. The summed E-state index contributed by atoms with van der Waals surface area (Å²) in [7, 11) is 0. The number of rotatable bonds is 5. The lowest BCUT2D eigenvalue weighted by molar-refractivity contribution is -0.130. The van der Waals surface area contributed by atoms with Crippen LogP contribution in [0.5, 0.6) is 0 Å². The van der Waals surface area contributed by atoms with E-state index in [1.54, 1.807) is 11.3 Å². The quantitative estimate of drug-likeness (QED) is 0.898. The number of nitrogens with zero attached hydrogens (tertiary/aromatic N) is 3. The molecule has 2 fully saturated rings. The molecule has 2 aliphatic rings. The Morgan fingerprint density at radius 3 is 3.12 bits per heavy atom. The molecule has 0 spiro atoms. The van der Waals surface area contributed by atoms with Crippen LogP contribution >= 0.6 is 11.3 Å². The minimum atomic E-state index is 0.231. The van der Waals surface area contributed by atoms with E-state index < -0.39 is 0 Å². The highest BCUT2D eigenvalue weighted by molar-refractivity contribution is 7.13. The number of likely N-dealkylation sites (tertiary alicyclic amines) is 1. The maximum absolute atomic E-state index is 12.4. The van der Waals surface area contributed by atoms with Gasteiger partial charge in [-0.3, -0.25) is 4.79 Å². The predicted molar refractivity (Wildman–Crippen MR) is 91.3 cm³/mol. The second-order valence-corrected chi connectivity index (χ2v) is 7.75. The van der Waals surface area contributed by atoms with E-state index in [-0.39, 0.29) is 11.9 Å². The van der Waals surface area contributed by atoms with Gasteiger partial charge in [0.15, 0.2) is 0 Å². The number of hydrogen-bond donors (Lipinski definition) is 1. The zero-order chi connectivity index (χ0) is 16.5. The second-order valence-electron chi connectivity index (χ2n) is 6.81. The maximum atomic E-state index is 12.4. The van der Waals surface area contributed by atoms with Gasteiger partial charge < -0.3 is 15.2 Å². The van der Waals surface area contributed by atoms with Crippen molar-refractivity contribution in [3.05, 3.63) is 23.4 Å². The summed E-state index contributed by atoms with van der Waals surface area (Å²) in [4.78, 5) is 19.8. The van der Waals surface area contributed by atoms with Crippen LogP contribution in [0.4, 0.5) is 0 Å². The van der Waals surface area contributed by atoms with Crippen LogP contribution < -0.4 is 5.73 Å². The Morgan fingerprint density at radius 1 is 1.42 bits per heavy atom. The van der Waals surface area contributed by atoms with Gasteiger partial charge in [0.25, 0.3) is 0 Å². The van der Waals surface area contributed by atoms with Crippen LogP contribution in [0.25, 0.3) is 10.7 Å². The molecule has 0 bridgehead atoms. The Morgan fingerprint density at radius 2 is 2.33 bits per heavy atom. The molecule has 1 aliphatic carbocycles. The van der Waals surface area contributed by atoms with E-state index in [2.05, 4.69) is 10.1 Å². The van der Waals surface area contributed by atoms with Crippen molar-refractivity contribution in [1.82, 2.24) is 15.0 Å². The van der Waals surface area contributed by atoms with E-state index in [1.165, 1.54) is 6.42 Å². The Kier molecular flexibility index (Phi) is 4.37. The molecule has 3 unspecified atom stereocenters. The maximum Gasteiger partial charge on any atom is 0.226 e. The van der Waals surface area contributed by atoms with Crippen LogP contribution in [0.15, 0.2) is 22.0 Å². The van der Waals surface area contributed by atoms with Crippen molar-refractivity contribution in [3.8, 4) is 10.7 Å². The number of thiophene rings is 1. The molecule has 1 aliphatic heterocycles. The standard InChI is InChI=1S/C17H22N4O2S/c18-13-7-6-11-9-21(10-12(11)13)16(22)5-1-4-15-19-17(20-23-15)14-3-2-8-24-14/h2-3,8,11-13H,1,4-7,9-10,18H2. The molecular weight excluding hydrogens is 324 g/mol. The van der Waals surface area contributed by atoms with Crippen LogP contribution in [-0.4, -0.2) is 40.1 Å². The first-order valence-electron chi connectivity index (χ1n) is 8.60. The van der Waals surface area contributed by atoms with Crippen molar-refractivity contribution in [2.24, 2.45) is 17.6 Å². The fraction of sp³-hybridized carbons (Fsp3) is 0.588. The molecule has 2 N–H and O–H groups in total. The summed E-state index contributed by atoms with van der Waals surface area (Å²) in [5.41, 5.74) is 6.14. The number of aryl methyl sites for hydroxylation is 1. The molecule has 3 heterocycles. The van der Waals surface area contributed by atoms with Crippen molar-refractivity contribution >= 4 is 17.2 Å². The van der Waals surface area contributed by atoms with Crippen molar-refractivity contribution in [2.45, 2.75) is 38.1 Å². The first-order valence-corrected chi connectivity index (χ1v) is 9.48. The van der Waals surface area contributed by atoms with Gasteiger partial charge in [-0.1, -0.05) is 11.2 Å². The molecule has 1 saturated carbocycles. The minimum absolute atomic E-state index is 0.231. The monoisotopic (exact) mass is 346 g/mol. The average molecular weight is 346 g/mol. The van der Waals surface area contributed by atoms with Gasteiger partial charge >= 0.3 is 0 Å². The van der Waals surface area contributed by atoms with Crippen molar-refractivity contribution in [2.75, 3.05) is 13.1 Å². The molecule has 6 nitrogen and oxygen atoms in total. The molecule has 1 amide bonds. The Bertz CT molecular complexity index is 699. The summed E-state index contributed by atoms with van der Waals surface area (Å²) in [6.07, 6.45) is 4.20. The lowest BCUT2D eigenvalue weighted by Crippen LogP contribution is -2.33. The zero-order valence-corrected chi connectivity index (χ0v) is 14.4. The fourth-order valence-electron chi connectivity index (χ4n) is 3.92. The van der Waals surface area contributed by atoms with Crippen LogP contribution in [-0.2, 0) is 11.2 Å². The normalized spacial score (nSPS) is 26.0. The van der Waals surface area contributed by atoms with Crippen LogP contribution in [0, 0.1) is 11.8 Å². The number of aromatic nitrogens is 2. The number of carbonyl (C=O) groups excluding carboxylic acids is 1. The number of nitrogens with two attached hydrogens (primary N) is 1. The number of hydrogen-bond acceptors (Lipinski definition) is 6. The van der Waals surface area contributed by atoms with Gasteiger partial charge in [0, 0.05) is 32.0 Å². The van der Waals surface area contributed by atoms with Gasteiger partial charge in [-0.2, -0.15) is 4.98 Å². The highest BCUT2D eigenvalue weighted by Crippen LogP contribution is 2.37. The summed E-state index contributed by atoms with van der Waals surface area (Å²) in [5, 5.41) is 5.98. The smallest absolute Gasteiger partial charge is 0.226 e. The Balaban J connectivity index is 1.25. The average Bonchev–Trinajstić information content (AvgIpc) is 3.33. The largest absolute Gasteiger partial charge is 0.342 e. The van der Waals surface area contributed by atoms with Crippen molar-refractivity contribution in [3.63, 3.8) is 0 Å². The summed E-state index contributed by atoms with van der Waals surface area (Å²) >= 11 is 1.59. The summed E-state index contributed by atoms with van der Waals surface area (Å²) in [6, 6.07) is 4.21. The number of fused-ring (bicyclic) bond motifs is 1. The lowest BCUT2D eigenvalue weighted by atomic mass is 9.98. The van der Waals surface area contributed by atoms with Gasteiger partial charge in [0.1, 0.15) is 0 Å². The molecule has 2 aromatic heterocycles. The van der Waals surface area contributed by atoms with Gasteiger partial charge in [0.2, 0.25) is 17.6 Å². The van der Waals surface area contributed by atoms with Crippen molar-refractivity contribution < 1.29 is 9.32 Å². The second kappa shape index (κ2) is 6.64. The van der Waals surface area contributed by atoms with E-state index in [4.69, 9.17) is 10.3 Å². The third kappa shape index (κ3) is 3.10. The van der Waals surface area contributed by atoms with E-state index >= 15 is 0 Å². The molecule has 0 radical (unpaired) electrons. The van der Waals surface area contributed by atoms with E-state index in [9.17, 15) is 4.79 Å². The molecule has 4 rings (SSSR count). The van der Waals surface area contributed by atoms with Gasteiger partial charge in [-0.15, -0.1) is 11.3 Å². The van der Waals surface area contributed by atoms with E-state index in [1.807, 2.05) is 22.4 Å². The van der Waals surface area contributed by atoms with Gasteiger partial charge in [-0.05, 0) is 42.5 Å². The highest BCUT2D eigenvalue weighted by Gasteiger charge is 2.42. The number of carbonyl (C=O) groups is 1. The molecule has 0 aromatic carbocycles. The SMILES string of the molecule is NC1CCC2CN(C(=O)CCCc3nc(-c4cccs4)no3)CC12. The fourth-order valence-corrected chi connectivity index (χ4v) is 4.57. The predicted octanol–water partition coefficient (Wildman–Crippen LogP) is 2.32. The molecular formula is C17H22N4O2S. The van der Waals surface area contributed by atoms with Crippen LogP contribution in [0.3, 0.4) is 0 Å². The molecule has 128 valence electrons. The summed E-state index contributed by atoms with van der Waals surface area (Å²) in [6.45, 7) is 1.73. The number of amides is 1. The first-order chi connectivity index (χ1) is 11.7. The van der Waals surface area contributed by atoms with Crippen LogP contribution in [0.1, 0.15) is 31.6 Å². The Labute approximate surface area is 145 Å². The third-order valence-electron chi connectivity index (χ3n) is 5.26. The molecule has 3 atom stereocenters. The third-order valence-corrected chi connectivity index (χ3v) is 6.12. The van der Waals surface area contributed by atoms with Gasteiger partial charge in [0.05, 0.1) is 4.88 Å². The van der Waals surface area contributed by atoms with E-state index in [0.29, 0.717) is 36.4 Å². The molecule has 2 aromatic rings. The van der Waals surface area contributed by atoms with E-state index in [0.717, 1.165) is 30.8 Å². The highest BCUT2D eigenvalue weighted by atomic mass is 32.1. The lowest BCUT2D eigenvalue weighted by Gasteiger charge is -2.18. The van der Waals surface area contributed by atoms with Crippen LogP contribution in [0.2, 0.25) is 0 Å². The van der Waals surface area contributed by atoms with Gasteiger partial charge in [-0.25, -0.2) is 0 Å². The Hall–Kier alpha value is -1.73. The molecule has 1 saturated heterocycles. The zero-order valence-electron chi connectivity index (χ0n) is 13.6. The first kappa shape index (κ1) is 15.8. The molecule has 24 heavy (non-hydrogen) atoms. The summed E-state index contributed by atoms with van der Waals surface area (Å²) in [5.74, 6) is 2.60. The summed E-state index contributed by atoms with van der Waals surface area (Å²) < 4.78 is 5.27.